The summed E-state index contributed by atoms with van der Waals surface area (Å²) in [5.41, 5.74) is 4.41. The zero-order chi connectivity index (χ0) is 14.4. The standard InChI is InChI=1S/C17H17NOS/c1-13-10-14(2)18-17(11-13)20-12-16-7-4-3-6-15(16)8-5-9-19/h3-4,6-7,10-11,19H,9,12H2,1-2H3. The second kappa shape index (κ2) is 7.14. The van der Waals surface area contributed by atoms with Crippen LogP contribution in [0, 0.1) is 25.7 Å². The number of thioether (sulfide) groups is 1. The number of aromatic nitrogens is 1. The molecule has 0 aliphatic heterocycles. The average Bonchev–Trinajstić information content (AvgIpc) is 2.43. The molecule has 3 heteroatoms. The zero-order valence-corrected chi connectivity index (χ0v) is 12.5. The van der Waals surface area contributed by atoms with E-state index in [2.05, 4.69) is 41.9 Å². The molecule has 2 rings (SSSR count). The maximum atomic E-state index is 8.80. The molecule has 0 saturated heterocycles. The van der Waals surface area contributed by atoms with Crippen LogP contribution in [-0.4, -0.2) is 16.7 Å². The molecular weight excluding hydrogens is 266 g/mol. The van der Waals surface area contributed by atoms with Crippen molar-refractivity contribution < 1.29 is 5.11 Å². The molecule has 0 saturated carbocycles. The average molecular weight is 283 g/mol. The third-order valence-electron chi connectivity index (χ3n) is 2.77. The molecule has 0 radical (unpaired) electrons. The van der Waals surface area contributed by atoms with Gasteiger partial charge in [-0.05, 0) is 43.2 Å². The summed E-state index contributed by atoms with van der Waals surface area (Å²) in [5.74, 6) is 6.52. The Morgan fingerprint density at radius 1 is 1.20 bits per heavy atom. The van der Waals surface area contributed by atoms with Gasteiger partial charge in [0, 0.05) is 17.0 Å². The van der Waals surface area contributed by atoms with Crippen LogP contribution < -0.4 is 0 Å². The maximum Gasteiger partial charge on any atom is 0.104 e. The second-order valence-electron chi connectivity index (χ2n) is 4.53. The van der Waals surface area contributed by atoms with Gasteiger partial charge in [0.25, 0.3) is 0 Å². The van der Waals surface area contributed by atoms with Crippen molar-refractivity contribution in [1.82, 2.24) is 4.98 Å². The Balaban J connectivity index is 2.14. The Bertz CT molecular complexity index is 635. The van der Waals surface area contributed by atoms with Gasteiger partial charge in [-0.2, -0.15) is 0 Å². The predicted octanol–water partition coefficient (Wildman–Crippen LogP) is 3.33. The van der Waals surface area contributed by atoms with Crippen LogP contribution in [-0.2, 0) is 5.75 Å². The van der Waals surface area contributed by atoms with Crippen molar-refractivity contribution in [2.75, 3.05) is 6.61 Å². The minimum atomic E-state index is -0.111. The van der Waals surface area contributed by atoms with Crippen LogP contribution in [0.25, 0.3) is 0 Å². The van der Waals surface area contributed by atoms with Crippen LogP contribution in [0.15, 0.2) is 41.4 Å². The Hall–Kier alpha value is -1.76. The third kappa shape index (κ3) is 4.12. The molecule has 20 heavy (non-hydrogen) atoms. The summed E-state index contributed by atoms with van der Waals surface area (Å²) in [6, 6.07) is 12.2. The molecule has 0 aliphatic rings. The SMILES string of the molecule is Cc1cc(C)nc(SCc2ccccc2C#CCO)c1. The number of hydrogen-bond acceptors (Lipinski definition) is 3. The summed E-state index contributed by atoms with van der Waals surface area (Å²) in [5, 5.41) is 9.83. The van der Waals surface area contributed by atoms with E-state index in [1.807, 2.05) is 25.1 Å². The number of benzene rings is 1. The fraction of sp³-hybridized carbons (Fsp3) is 0.235. The van der Waals surface area contributed by atoms with Crippen LogP contribution >= 0.6 is 11.8 Å². The minimum Gasteiger partial charge on any atom is -0.384 e. The molecule has 0 unspecified atom stereocenters. The molecule has 2 nitrogen and oxygen atoms in total. The largest absolute Gasteiger partial charge is 0.384 e. The van der Waals surface area contributed by atoms with Crippen molar-refractivity contribution in [2.45, 2.75) is 24.6 Å². The summed E-state index contributed by atoms with van der Waals surface area (Å²) in [6.45, 7) is 3.98. The van der Waals surface area contributed by atoms with E-state index in [0.29, 0.717) is 0 Å². The van der Waals surface area contributed by atoms with E-state index in [9.17, 15) is 0 Å². The van der Waals surface area contributed by atoms with E-state index in [0.717, 1.165) is 22.0 Å². The summed E-state index contributed by atoms with van der Waals surface area (Å²) >= 11 is 1.71. The lowest BCUT2D eigenvalue weighted by Gasteiger charge is -2.06. The highest BCUT2D eigenvalue weighted by Gasteiger charge is 2.03. The van der Waals surface area contributed by atoms with Crippen molar-refractivity contribution in [2.24, 2.45) is 0 Å². The first-order valence-corrected chi connectivity index (χ1v) is 7.43. The van der Waals surface area contributed by atoms with Crippen molar-refractivity contribution in [3.63, 3.8) is 0 Å². The number of aliphatic hydroxyl groups is 1. The number of nitrogens with zero attached hydrogens (tertiary/aromatic N) is 1. The molecule has 0 spiro atoms. The number of aryl methyl sites for hydroxylation is 2. The van der Waals surface area contributed by atoms with Crippen LogP contribution in [0.1, 0.15) is 22.4 Å². The van der Waals surface area contributed by atoms with E-state index in [1.165, 1.54) is 11.1 Å². The molecule has 0 fully saturated rings. The van der Waals surface area contributed by atoms with Gasteiger partial charge in [0.05, 0.1) is 5.03 Å². The fourth-order valence-electron chi connectivity index (χ4n) is 1.93. The van der Waals surface area contributed by atoms with Gasteiger partial charge in [-0.1, -0.05) is 30.0 Å². The van der Waals surface area contributed by atoms with Crippen molar-refractivity contribution in [3.05, 3.63) is 58.8 Å². The summed E-state index contributed by atoms with van der Waals surface area (Å²) in [6.07, 6.45) is 0. The van der Waals surface area contributed by atoms with Crippen molar-refractivity contribution in [1.29, 1.82) is 0 Å². The molecule has 0 aliphatic carbocycles. The highest BCUT2D eigenvalue weighted by Crippen LogP contribution is 2.23. The van der Waals surface area contributed by atoms with E-state index >= 15 is 0 Å². The van der Waals surface area contributed by atoms with Crippen LogP contribution in [0.2, 0.25) is 0 Å². The highest BCUT2D eigenvalue weighted by atomic mass is 32.2. The van der Waals surface area contributed by atoms with E-state index < -0.39 is 0 Å². The molecule has 1 aromatic heterocycles. The van der Waals surface area contributed by atoms with Gasteiger partial charge in [0.1, 0.15) is 6.61 Å². The smallest absolute Gasteiger partial charge is 0.104 e. The van der Waals surface area contributed by atoms with E-state index in [1.54, 1.807) is 11.8 Å². The first-order valence-electron chi connectivity index (χ1n) is 6.45. The molecule has 1 heterocycles. The lowest BCUT2D eigenvalue weighted by molar-refractivity contribution is 0.350. The molecule has 1 N–H and O–H groups in total. The molecule has 0 bridgehead atoms. The molecule has 0 amide bonds. The third-order valence-corrected chi connectivity index (χ3v) is 3.73. The Morgan fingerprint density at radius 3 is 2.75 bits per heavy atom. The number of aliphatic hydroxyl groups excluding tert-OH is 1. The molecule has 2 aromatic rings. The van der Waals surface area contributed by atoms with E-state index in [4.69, 9.17) is 5.11 Å². The monoisotopic (exact) mass is 283 g/mol. The van der Waals surface area contributed by atoms with Gasteiger partial charge in [-0.15, -0.1) is 11.8 Å². The minimum absolute atomic E-state index is 0.111. The van der Waals surface area contributed by atoms with Gasteiger partial charge < -0.3 is 5.11 Å². The number of hydrogen-bond donors (Lipinski definition) is 1. The van der Waals surface area contributed by atoms with Gasteiger partial charge in [-0.3, -0.25) is 0 Å². The van der Waals surface area contributed by atoms with Crippen molar-refractivity contribution in [3.8, 4) is 11.8 Å². The molecule has 0 atom stereocenters. The summed E-state index contributed by atoms with van der Waals surface area (Å²) in [4.78, 5) is 4.53. The van der Waals surface area contributed by atoms with Gasteiger partial charge in [-0.25, -0.2) is 4.98 Å². The Kier molecular flexibility index (Phi) is 5.23. The van der Waals surface area contributed by atoms with Gasteiger partial charge in [0.15, 0.2) is 0 Å². The Labute approximate surface area is 124 Å². The highest BCUT2D eigenvalue weighted by molar-refractivity contribution is 7.98. The van der Waals surface area contributed by atoms with Gasteiger partial charge in [0.2, 0.25) is 0 Å². The quantitative estimate of drug-likeness (QED) is 0.693. The molecule has 102 valence electrons. The molecular formula is C17H17NOS. The lowest BCUT2D eigenvalue weighted by atomic mass is 10.1. The van der Waals surface area contributed by atoms with Crippen molar-refractivity contribution >= 4 is 11.8 Å². The zero-order valence-electron chi connectivity index (χ0n) is 11.7. The predicted molar refractivity (Wildman–Crippen MR) is 83.7 cm³/mol. The second-order valence-corrected chi connectivity index (χ2v) is 5.53. The Morgan fingerprint density at radius 2 is 2.00 bits per heavy atom. The number of pyridine rings is 1. The fourth-order valence-corrected chi connectivity index (χ4v) is 2.97. The van der Waals surface area contributed by atoms with Crippen LogP contribution in [0.5, 0.6) is 0 Å². The van der Waals surface area contributed by atoms with E-state index in [-0.39, 0.29) is 6.61 Å². The first kappa shape index (κ1) is 14.6. The first-order chi connectivity index (χ1) is 9.69. The van der Waals surface area contributed by atoms with Crippen LogP contribution in [0.4, 0.5) is 0 Å². The van der Waals surface area contributed by atoms with Crippen LogP contribution in [0.3, 0.4) is 0 Å². The number of rotatable bonds is 3. The summed E-state index contributed by atoms with van der Waals surface area (Å²) in [7, 11) is 0. The summed E-state index contributed by atoms with van der Waals surface area (Å²) < 4.78 is 0. The lowest BCUT2D eigenvalue weighted by Crippen LogP contribution is -1.90. The molecule has 1 aromatic carbocycles. The normalized spacial score (nSPS) is 9.95. The topological polar surface area (TPSA) is 33.1 Å². The van der Waals surface area contributed by atoms with Gasteiger partial charge >= 0.3 is 0 Å². The maximum absolute atomic E-state index is 8.80.